The van der Waals surface area contributed by atoms with Gasteiger partial charge in [0.15, 0.2) is 0 Å². The zero-order valence-electron chi connectivity index (χ0n) is 13.8. The maximum atomic E-state index is 11.1. The van der Waals surface area contributed by atoms with Crippen molar-refractivity contribution in [2.75, 3.05) is 39.3 Å². The fourth-order valence-electron chi connectivity index (χ4n) is 3.57. The molecule has 2 aliphatic rings. The molecule has 2 heterocycles. The highest BCUT2D eigenvalue weighted by atomic mass is 16.4. The van der Waals surface area contributed by atoms with Crippen molar-refractivity contribution in [1.82, 2.24) is 9.80 Å². The molecule has 1 N–H and O–H groups in total. The highest BCUT2D eigenvalue weighted by molar-refractivity contribution is 5.73. The average molecular weight is 296 g/mol. The second kappa shape index (κ2) is 7.59. The number of likely N-dealkylation sites (tertiary alicyclic amines) is 2. The van der Waals surface area contributed by atoms with Crippen LogP contribution in [0.15, 0.2) is 0 Å². The van der Waals surface area contributed by atoms with Gasteiger partial charge in [0, 0.05) is 6.54 Å². The van der Waals surface area contributed by atoms with Crippen molar-refractivity contribution in [3.05, 3.63) is 0 Å². The Morgan fingerprint density at radius 3 is 2.29 bits per heavy atom. The van der Waals surface area contributed by atoms with Crippen molar-refractivity contribution in [3.63, 3.8) is 0 Å². The maximum Gasteiger partial charge on any atom is 0.309 e. The molecule has 0 radical (unpaired) electrons. The Hall–Kier alpha value is -0.610. The van der Waals surface area contributed by atoms with Crippen LogP contribution in [0.1, 0.15) is 52.4 Å². The summed E-state index contributed by atoms with van der Waals surface area (Å²) >= 11 is 0. The van der Waals surface area contributed by atoms with Gasteiger partial charge in [0.2, 0.25) is 0 Å². The molecule has 2 fully saturated rings. The lowest BCUT2D eigenvalue weighted by Crippen LogP contribution is -2.38. The molecule has 2 rings (SSSR count). The maximum absolute atomic E-state index is 11.1. The van der Waals surface area contributed by atoms with E-state index in [-0.39, 0.29) is 0 Å². The van der Waals surface area contributed by atoms with Crippen LogP contribution in [0.4, 0.5) is 0 Å². The molecule has 0 unspecified atom stereocenters. The Morgan fingerprint density at radius 2 is 1.71 bits per heavy atom. The van der Waals surface area contributed by atoms with Gasteiger partial charge in [0.1, 0.15) is 0 Å². The molecule has 2 aliphatic heterocycles. The zero-order valence-corrected chi connectivity index (χ0v) is 13.8. The summed E-state index contributed by atoms with van der Waals surface area (Å²) in [7, 11) is 0. The minimum Gasteiger partial charge on any atom is -0.481 e. The van der Waals surface area contributed by atoms with E-state index in [9.17, 15) is 4.79 Å². The lowest BCUT2D eigenvalue weighted by Gasteiger charge is -2.34. The molecule has 0 saturated carbocycles. The smallest absolute Gasteiger partial charge is 0.309 e. The molecule has 0 aliphatic carbocycles. The summed E-state index contributed by atoms with van der Waals surface area (Å²) in [5, 5.41) is 9.13. The molecule has 0 aromatic rings. The van der Waals surface area contributed by atoms with Gasteiger partial charge in [-0.3, -0.25) is 4.79 Å². The quantitative estimate of drug-likeness (QED) is 0.784. The van der Waals surface area contributed by atoms with Gasteiger partial charge < -0.3 is 14.9 Å². The standard InChI is InChI=1S/C17H32N2O2/c1-17(2,16(20)21)8-5-11-18-12-6-15(7-13-18)14-19-9-3-4-10-19/h15H,3-14H2,1-2H3,(H,20,21). The van der Waals surface area contributed by atoms with E-state index in [1.807, 2.05) is 13.8 Å². The molecular weight excluding hydrogens is 264 g/mol. The van der Waals surface area contributed by atoms with Crippen LogP contribution in [0.2, 0.25) is 0 Å². The van der Waals surface area contributed by atoms with Crippen LogP contribution < -0.4 is 0 Å². The molecule has 4 nitrogen and oxygen atoms in total. The normalized spacial score (nSPS) is 22.8. The monoisotopic (exact) mass is 296 g/mol. The lowest BCUT2D eigenvalue weighted by atomic mass is 9.88. The third kappa shape index (κ3) is 5.26. The Kier molecular flexibility index (Phi) is 6.06. The van der Waals surface area contributed by atoms with Crippen molar-refractivity contribution in [1.29, 1.82) is 0 Å². The van der Waals surface area contributed by atoms with Gasteiger partial charge in [-0.25, -0.2) is 0 Å². The summed E-state index contributed by atoms with van der Waals surface area (Å²) in [6, 6.07) is 0. The average Bonchev–Trinajstić information content (AvgIpc) is 2.93. The summed E-state index contributed by atoms with van der Waals surface area (Å²) in [5.74, 6) is 0.210. The number of hydrogen-bond acceptors (Lipinski definition) is 3. The molecule has 122 valence electrons. The zero-order chi connectivity index (χ0) is 15.3. The summed E-state index contributed by atoms with van der Waals surface area (Å²) in [6.45, 7) is 11.1. The Balaban J connectivity index is 1.59. The van der Waals surface area contributed by atoms with E-state index in [1.165, 1.54) is 58.4 Å². The van der Waals surface area contributed by atoms with Gasteiger partial charge in [-0.05, 0) is 91.0 Å². The first-order chi connectivity index (χ1) is 9.97. The van der Waals surface area contributed by atoms with Crippen LogP contribution in [0.5, 0.6) is 0 Å². The SMILES string of the molecule is CC(C)(CCCN1CCC(CN2CCCC2)CC1)C(=O)O. The van der Waals surface area contributed by atoms with Gasteiger partial charge in [0.05, 0.1) is 5.41 Å². The van der Waals surface area contributed by atoms with Crippen LogP contribution in [0, 0.1) is 11.3 Å². The van der Waals surface area contributed by atoms with E-state index in [2.05, 4.69) is 9.80 Å². The predicted molar refractivity (Wildman–Crippen MR) is 85.5 cm³/mol. The van der Waals surface area contributed by atoms with Crippen LogP contribution >= 0.6 is 0 Å². The molecule has 0 atom stereocenters. The Labute approximate surface area is 129 Å². The summed E-state index contributed by atoms with van der Waals surface area (Å²) in [6.07, 6.45) is 7.18. The van der Waals surface area contributed by atoms with E-state index in [1.54, 1.807) is 0 Å². The second-order valence-corrected chi connectivity index (χ2v) is 7.59. The fraction of sp³-hybridized carbons (Fsp3) is 0.941. The van der Waals surface area contributed by atoms with Crippen molar-refractivity contribution in [2.45, 2.75) is 52.4 Å². The fourth-order valence-corrected chi connectivity index (χ4v) is 3.57. The molecule has 2 saturated heterocycles. The first-order valence-corrected chi connectivity index (χ1v) is 8.65. The molecule has 4 heteroatoms. The van der Waals surface area contributed by atoms with E-state index < -0.39 is 11.4 Å². The van der Waals surface area contributed by atoms with E-state index in [0.717, 1.165) is 25.3 Å². The minimum absolute atomic E-state index is 0.575. The molecule has 0 aromatic heterocycles. The van der Waals surface area contributed by atoms with E-state index >= 15 is 0 Å². The van der Waals surface area contributed by atoms with E-state index in [0.29, 0.717) is 0 Å². The minimum atomic E-state index is -0.674. The molecular formula is C17H32N2O2. The van der Waals surface area contributed by atoms with Gasteiger partial charge in [-0.2, -0.15) is 0 Å². The molecule has 0 aromatic carbocycles. The number of hydrogen-bond donors (Lipinski definition) is 1. The molecule has 0 amide bonds. The number of piperidine rings is 1. The van der Waals surface area contributed by atoms with E-state index in [4.69, 9.17) is 5.11 Å². The topological polar surface area (TPSA) is 43.8 Å². The van der Waals surface area contributed by atoms with Crippen molar-refractivity contribution >= 4 is 5.97 Å². The number of rotatable bonds is 7. The van der Waals surface area contributed by atoms with Crippen LogP contribution in [-0.2, 0) is 4.79 Å². The summed E-state index contributed by atoms with van der Waals surface area (Å²) in [5.41, 5.74) is -0.575. The van der Waals surface area contributed by atoms with Crippen LogP contribution in [0.25, 0.3) is 0 Å². The first-order valence-electron chi connectivity index (χ1n) is 8.65. The highest BCUT2D eigenvalue weighted by Crippen LogP contribution is 2.24. The van der Waals surface area contributed by atoms with Gasteiger partial charge in [-0.1, -0.05) is 0 Å². The number of carbonyl (C=O) groups is 1. The number of aliphatic carboxylic acids is 1. The van der Waals surface area contributed by atoms with Gasteiger partial charge in [-0.15, -0.1) is 0 Å². The molecule has 0 bridgehead atoms. The van der Waals surface area contributed by atoms with Crippen molar-refractivity contribution < 1.29 is 9.90 Å². The van der Waals surface area contributed by atoms with Gasteiger partial charge in [0.25, 0.3) is 0 Å². The third-order valence-electron chi connectivity index (χ3n) is 5.28. The van der Waals surface area contributed by atoms with Crippen molar-refractivity contribution in [3.8, 4) is 0 Å². The van der Waals surface area contributed by atoms with Crippen molar-refractivity contribution in [2.24, 2.45) is 11.3 Å². The number of carboxylic acids is 1. The highest BCUT2D eigenvalue weighted by Gasteiger charge is 2.27. The lowest BCUT2D eigenvalue weighted by molar-refractivity contribution is -0.147. The summed E-state index contributed by atoms with van der Waals surface area (Å²) in [4.78, 5) is 16.3. The first kappa shape index (κ1) is 16.8. The largest absolute Gasteiger partial charge is 0.481 e. The van der Waals surface area contributed by atoms with Crippen LogP contribution in [0.3, 0.4) is 0 Å². The number of carboxylic acid groups (broad SMARTS) is 1. The number of nitrogens with zero attached hydrogens (tertiary/aromatic N) is 2. The predicted octanol–water partition coefficient (Wildman–Crippen LogP) is 2.69. The third-order valence-corrected chi connectivity index (χ3v) is 5.28. The second-order valence-electron chi connectivity index (χ2n) is 7.59. The Morgan fingerprint density at radius 1 is 1.10 bits per heavy atom. The molecule has 0 spiro atoms. The molecule has 21 heavy (non-hydrogen) atoms. The Bertz CT molecular complexity index is 330. The van der Waals surface area contributed by atoms with Crippen LogP contribution in [-0.4, -0.2) is 60.1 Å². The van der Waals surface area contributed by atoms with Gasteiger partial charge >= 0.3 is 5.97 Å². The summed E-state index contributed by atoms with van der Waals surface area (Å²) < 4.78 is 0.